The van der Waals surface area contributed by atoms with Gasteiger partial charge in [0, 0.05) is 17.6 Å². The van der Waals surface area contributed by atoms with Gasteiger partial charge in [0.25, 0.3) is 0 Å². The lowest BCUT2D eigenvalue weighted by atomic mass is 9.99. The summed E-state index contributed by atoms with van der Waals surface area (Å²) < 4.78 is 1.000. The second kappa shape index (κ2) is 5.14. The Morgan fingerprint density at radius 3 is 3.11 bits per heavy atom. The first kappa shape index (κ1) is 12.4. The summed E-state index contributed by atoms with van der Waals surface area (Å²) in [5, 5.41) is 10.1. The molecular weight excluding hydrogens is 304 g/mol. The molecule has 3 rings (SSSR count). The zero-order valence-corrected chi connectivity index (χ0v) is 12.0. The number of halogens is 1. The van der Waals surface area contributed by atoms with E-state index in [1.165, 1.54) is 0 Å². The first-order chi connectivity index (χ1) is 9.29. The molecule has 5 heteroatoms. The monoisotopic (exact) mass is 316 g/mol. The van der Waals surface area contributed by atoms with Crippen LogP contribution in [-0.4, -0.2) is 23.1 Å². The van der Waals surface area contributed by atoms with Gasteiger partial charge in [-0.05, 0) is 40.9 Å². The second-order valence-corrected chi connectivity index (χ2v) is 5.60. The maximum absolute atomic E-state index is 9.10. The molecule has 4 nitrogen and oxygen atoms in total. The molecule has 1 aromatic carbocycles. The Morgan fingerprint density at radius 2 is 2.26 bits per heavy atom. The number of nitrogens with zero attached hydrogens (tertiary/aromatic N) is 4. The van der Waals surface area contributed by atoms with Crippen molar-refractivity contribution in [3.63, 3.8) is 0 Å². The fourth-order valence-corrected chi connectivity index (χ4v) is 3.10. The molecule has 0 radical (unpaired) electrons. The fourth-order valence-electron chi connectivity index (χ4n) is 2.57. The highest BCUT2D eigenvalue weighted by atomic mass is 79.9. The summed E-state index contributed by atoms with van der Waals surface area (Å²) in [5.41, 5.74) is 0.929. The van der Waals surface area contributed by atoms with Gasteiger partial charge >= 0.3 is 0 Å². The zero-order chi connectivity index (χ0) is 13.2. The zero-order valence-electron chi connectivity index (χ0n) is 10.4. The van der Waals surface area contributed by atoms with Crippen molar-refractivity contribution in [1.82, 2.24) is 9.97 Å². The van der Waals surface area contributed by atoms with Crippen LogP contribution in [-0.2, 0) is 0 Å². The number of piperidine rings is 1. The first-order valence-electron chi connectivity index (χ1n) is 6.33. The normalized spacial score (nSPS) is 19.4. The van der Waals surface area contributed by atoms with Gasteiger partial charge in [0.05, 0.1) is 22.9 Å². The molecule has 1 fully saturated rings. The Balaban J connectivity index is 2.08. The lowest BCUT2D eigenvalue weighted by Crippen LogP contribution is -2.35. The summed E-state index contributed by atoms with van der Waals surface area (Å²) in [7, 11) is 0. The van der Waals surface area contributed by atoms with Crippen LogP contribution >= 0.6 is 15.9 Å². The molecule has 1 aromatic heterocycles. The van der Waals surface area contributed by atoms with Gasteiger partial charge in [0.1, 0.15) is 12.1 Å². The van der Waals surface area contributed by atoms with Crippen molar-refractivity contribution in [3.05, 3.63) is 29.0 Å². The molecule has 19 heavy (non-hydrogen) atoms. The minimum absolute atomic E-state index is 0.0984. The van der Waals surface area contributed by atoms with Crippen molar-refractivity contribution in [2.75, 3.05) is 18.0 Å². The van der Waals surface area contributed by atoms with E-state index < -0.39 is 0 Å². The summed E-state index contributed by atoms with van der Waals surface area (Å²) in [6, 6.07) is 8.32. The second-order valence-electron chi connectivity index (χ2n) is 4.75. The molecule has 0 amide bonds. The number of hydrogen-bond donors (Lipinski definition) is 0. The van der Waals surface area contributed by atoms with Gasteiger partial charge in [-0.3, -0.25) is 0 Å². The molecule has 1 aliphatic rings. The third-order valence-electron chi connectivity index (χ3n) is 3.50. The van der Waals surface area contributed by atoms with Crippen molar-refractivity contribution >= 4 is 32.7 Å². The summed E-state index contributed by atoms with van der Waals surface area (Å²) in [6.07, 6.45) is 3.62. The Bertz CT molecular complexity index is 644. The van der Waals surface area contributed by atoms with Crippen LogP contribution in [0, 0.1) is 17.2 Å². The van der Waals surface area contributed by atoms with Crippen molar-refractivity contribution in [2.45, 2.75) is 12.8 Å². The minimum Gasteiger partial charge on any atom is -0.355 e. The average molecular weight is 317 g/mol. The fraction of sp³-hybridized carbons (Fsp3) is 0.357. The molecule has 2 aromatic rings. The van der Waals surface area contributed by atoms with E-state index in [1.807, 2.05) is 18.2 Å². The smallest absolute Gasteiger partial charge is 0.141 e. The standard InChI is InChI=1S/C14H13BrN4/c15-11-4-1-5-12-13(11)14(18-9-17-12)19-6-2-3-10(7-16)8-19/h1,4-5,9-10H,2-3,6,8H2. The largest absolute Gasteiger partial charge is 0.355 e. The van der Waals surface area contributed by atoms with E-state index in [0.29, 0.717) is 0 Å². The average Bonchev–Trinajstić information content (AvgIpc) is 2.47. The summed E-state index contributed by atoms with van der Waals surface area (Å²) in [5.74, 6) is 1.03. The molecule has 1 atom stereocenters. The summed E-state index contributed by atoms with van der Waals surface area (Å²) in [6.45, 7) is 1.70. The Hall–Kier alpha value is -1.67. The quantitative estimate of drug-likeness (QED) is 0.811. The lowest BCUT2D eigenvalue weighted by Gasteiger charge is -2.31. The number of aromatic nitrogens is 2. The van der Waals surface area contributed by atoms with Gasteiger partial charge in [-0.1, -0.05) is 6.07 Å². The molecule has 96 valence electrons. The van der Waals surface area contributed by atoms with E-state index in [0.717, 1.165) is 47.1 Å². The van der Waals surface area contributed by atoms with E-state index in [-0.39, 0.29) is 5.92 Å². The number of nitriles is 1. The molecular formula is C14H13BrN4. The van der Waals surface area contributed by atoms with Crippen LogP contribution in [0.3, 0.4) is 0 Å². The van der Waals surface area contributed by atoms with Gasteiger partial charge in [0.15, 0.2) is 0 Å². The molecule has 0 N–H and O–H groups in total. The number of anilines is 1. The van der Waals surface area contributed by atoms with Gasteiger partial charge in [-0.15, -0.1) is 0 Å². The molecule has 1 aliphatic heterocycles. The van der Waals surface area contributed by atoms with E-state index in [4.69, 9.17) is 5.26 Å². The van der Waals surface area contributed by atoms with Crippen LogP contribution < -0.4 is 4.90 Å². The summed E-state index contributed by atoms with van der Waals surface area (Å²) >= 11 is 3.57. The van der Waals surface area contributed by atoms with E-state index in [9.17, 15) is 0 Å². The molecule has 0 aliphatic carbocycles. The molecule has 0 saturated carbocycles. The van der Waals surface area contributed by atoms with Crippen molar-refractivity contribution < 1.29 is 0 Å². The van der Waals surface area contributed by atoms with Gasteiger partial charge in [0.2, 0.25) is 0 Å². The van der Waals surface area contributed by atoms with E-state index in [2.05, 4.69) is 36.9 Å². The van der Waals surface area contributed by atoms with Gasteiger partial charge in [-0.2, -0.15) is 5.26 Å². The SMILES string of the molecule is N#CC1CCCN(c2ncnc3cccc(Br)c23)C1. The van der Waals surface area contributed by atoms with Crippen molar-refractivity contribution in [1.29, 1.82) is 5.26 Å². The van der Waals surface area contributed by atoms with Crippen LogP contribution in [0.2, 0.25) is 0 Å². The number of rotatable bonds is 1. The maximum atomic E-state index is 9.10. The maximum Gasteiger partial charge on any atom is 0.141 e. The van der Waals surface area contributed by atoms with Crippen LogP contribution in [0.4, 0.5) is 5.82 Å². The third-order valence-corrected chi connectivity index (χ3v) is 4.16. The van der Waals surface area contributed by atoms with Crippen LogP contribution in [0.15, 0.2) is 29.0 Å². The topological polar surface area (TPSA) is 52.8 Å². The highest BCUT2D eigenvalue weighted by Crippen LogP contribution is 2.32. The van der Waals surface area contributed by atoms with Gasteiger partial charge in [-0.25, -0.2) is 9.97 Å². The van der Waals surface area contributed by atoms with Crippen LogP contribution in [0.1, 0.15) is 12.8 Å². The Morgan fingerprint density at radius 1 is 1.37 bits per heavy atom. The predicted octanol–water partition coefficient (Wildman–Crippen LogP) is 3.13. The number of benzene rings is 1. The van der Waals surface area contributed by atoms with Crippen LogP contribution in [0.25, 0.3) is 10.9 Å². The number of hydrogen-bond acceptors (Lipinski definition) is 4. The lowest BCUT2D eigenvalue weighted by molar-refractivity contribution is 0.491. The number of fused-ring (bicyclic) bond motifs is 1. The third kappa shape index (κ3) is 2.28. The predicted molar refractivity (Wildman–Crippen MR) is 77.8 cm³/mol. The highest BCUT2D eigenvalue weighted by Gasteiger charge is 2.22. The molecule has 1 unspecified atom stereocenters. The molecule has 1 saturated heterocycles. The molecule has 0 bridgehead atoms. The Kier molecular flexibility index (Phi) is 3.34. The summed E-state index contributed by atoms with van der Waals surface area (Å²) in [4.78, 5) is 10.9. The van der Waals surface area contributed by atoms with Gasteiger partial charge < -0.3 is 4.90 Å². The molecule has 2 heterocycles. The minimum atomic E-state index is 0.0984. The van der Waals surface area contributed by atoms with Crippen molar-refractivity contribution in [2.24, 2.45) is 5.92 Å². The van der Waals surface area contributed by atoms with E-state index >= 15 is 0 Å². The van der Waals surface area contributed by atoms with Crippen molar-refractivity contribution in [3.8, 4) is 6.07 Å². The molecule has 0 spiro atoms. The van der Waals surface area contributed by atoms with Crippen LogP contribution in [0.5, 0.6) is 0 Å². The first-order valence-corrected chi connectivity index (χ1v) is 7.12. The van der Waals surface area contributed by atoms with E-state index in [1.54, 1.807) is 6.33 Å². The Labute approximate surface area is 120 Å². The highest BCUT2D eigenvalue weighted by molar-refractivity contribution is 9.10.